The van der Waals surface area contributed by atoms with Crippen molar-refractivity contribution in [3.05, 3.63) is 82.4 Å². The first-order valence-corrected chi connectivity index (χ1v) is 8.69. The molecule has 1 N–H and O–H groups in total. The second kappa shape index (κ2) is 6.27. The van der Waals surface area contributed by atoms with Crippen molar-refractivity contribution in [3.63, 3.8) is 0 Å². The number of nitro groups is 1. The van der Waals surface area contributed by atoms with Crippen molar-refractivity contribution in [2.45, 2.75) is 6.54 Å². The number of tetrazole rings is 1. The lowest BCUT2D eigenvalue weighted by molar-refractivity contribution is -0.384. The third-order valence-corrected chi connectivity index (χ3v) is 4.84. The molecular formula is C20H14N6O2. The van der Waals surface area contributed by atoms with Crippen molar-refractivity contribution in [1.29, 1.82) is 0 Å². The SMILES string of the molecule is O=[N+]([O-])c1cccc(Cn2c3ccccc3c3cc(-c4nn[nH]n4)ccc32)c1. The van der Waals surface area contributed by atoms with E-state index < -0.39 is 0 Å². The monoisotopic (exact) mass is 370 g/mol. The maximum Gasteiger partial charge on any atom is 0.269 e. The van der Waals surface area contributed by atoms with E-state index >= 15 is 0 Å². The third kappa shape index (κ3) is 2.59. The molecule has 0 aliphatic carbocycles. The van der Waals surface area contributed by atoms with Gasteiger partial charge in [0.1, 0.15) is 0 Å². The molecule has 136 valence electrons. The number of hydrogen-bond acceptors (Lipinski definition) is 5. The Morgan fingerprint density at radius 1 is 0.964 bits per heavy atom. The molecule has 0 aliphatic heterocycles. The summed E-state index contributed by atoms with van der Waals surface area (Å²) in [5.41, 5.74) is 3.95. The number of benzene rings is 3. The summed E-state index contributed by atoms with van der Waals surface area (Å²) in [4.78, 5) is 10.7. The molecule has 0 saturated heterocycles. The minimum atomic E-state index is -0.368. The summed E-state index contributed by atoms with van der Waals surface area (Å²) in [6, 6.07) is 20.9. The molecular weight excluding hydrogens is 356 g/mol. The maximum atomic E-state index is 11.1. The van der Waals surface area contributed by atoms with Crippen LogP contribution in [0.15, 0.2) is 66.7 Å². The van der Waals surface area contributed by atoms with Gasteiger partial charge in [-0.3, -0.25) is 10.1 Å². The maximum absolute atomic E-state index is 11.1. The Morgan fingerprint density at radius 3 is 2.64 bits per heavy atom. The molecule has 0 amide bonds. The molecule has 2 heterocycles. The van der Waals surface area contributed by atoms with Crippen LogP contribution >= 0.6 is 0 Å². The Kier molecular flexibility index (Phi) is 3.61. The number of para-hydroxylation sites is 1. The van der Waals surface area contributed by atoms with Gasteiger partial charge >= 0.3 is 0 Å². The smallest absolute Gasteiger partial charge is 0.269 e. The molecule has 0 bridgehead atoms. The van der Waals surface area contributed by atoms with E-state index in [1.807, 2.05) is 36.4 Å². The van der Waals surface area contributed by atoms with E-state index in [1.54, 1.807) is 12.1 Å². The molecule has 5 aromatic rings. The lowest BCUT2D eigenvalue weighted by Gasteiger charge is -2.08. The molecule has 28 heavy (non-hydrogen) atoms. The Morgan fingerprint density at radius 2 is 1.82 bits per heavy atom. The highest BCUT2D eigenvalue weighted by Gasteiger charge is 2.14. The van der Waals surface area contributed by atoms with Gasteiger partial charge in [-0.05, 0) is 35.0 Å². The van der Waals surface area contributed by atoms with Gasteiger partial charge in [0.2, 0.25) is 5.82 Å². The van der Waals surface area contributed by atoms with E-state index in [0.29, 0.717) is 12.4 Å². The summed E-state index contributed by atoms with van der Waals surface area (Å²) in [5.74, 6) is 0.539. The highest BCUT2D eigenvalue weighted by atomic mass is 16.6. The van der Waals surface area contributed by atoms with Crippen molar-refractivity contribution < 1.29 is 4.92 Å². The van der Waals surface area contributed by atoms with Gasteiger partial charge in [0.25, 0.3) is 5.69 Å². The number of hydrogen-bond donors (Lipinski definition) is 1. The number of non-ortho nitro benzene ring substituents is 1. The van der Waals surface area contributed by atoms with Crippen molar-refractivity contribution in [2.75, 3.05) is 0 Å². The number of nitrogens with one attached hydrogen (secondary N) is 1. The molecule has 0 atom stereocenters. The predicted molar refractivity (Wildman–Crippen MR) is 105 cm³/mol. The summed E-state index contributed by atoms with van der Waals surface area (Å²) in [6.45, 7) is 0.535. The molecule has 0 unspecified atom stereocenters. The molecule has 0 fully saturated rings. The first kappa shape index (κ1) is 16.1. The standard InChI is InChI=1S/C20H14N6O2/c27-26(28)15-5-3-4-13(10-15)12-25-18-7-2-1-6-16(18)17-11-14(8-9-19(17)25)20-21-23-24-22-20/h1-11H,12H2,(H,21,22,23,24). The second-order valence-electron chi connectivity index (χ2n) is 6.50. The topological polar surface area (TPSA) is 103 Å². The number of nitrogens with zero attached hydrogens (tertiary/aromatic N) is 5. The number of aromatic nitrogens is 5. The van der Waals surface area contributed by atoms with Crippen LogP contribution in [0.4, 0.5) is 5.69 Å². The minimum absolute atomic E-state index is 0.0951. The molecule has 2 aromatic heterocycles. The van der Waals surface area contributed by atoms with Crippen LogP contribution < -0.4 is 0 Å². The first-order valence-electron chi connectivity index (χ1n) is 8.69. The summed E-state index contributed by atoms with van der Waals surface area (Å²) < 4.78 is 2.17. The quantitative estimate of drug-likeness (QED) is 0.381. The van der Waals surface area contributed by atoms with Crippen LogP contribution in [0, 0.1) is 10.1 Å². The van der Waals surface area contributed by atoms with Crippen molar-refractivity contribution in [3.8, 4) is 11.4 Å². The van der Waals surface area contributed by atoms with E-state index in [2.05, 4.69) is 37.3 Å². The van der Waals surface area contributed by atoms with E-state index in [-0.39, 0.29) is 10.6 Å². The van der Waals surface area contributed by atoms with Crippen LogP contribution in [0.5, 0.6) is 0 Å². The fourth-order valence-electron chi connectivity index (χ4n) is 3.60. The summed E-state index contributed by atoms with van der Waals surface area (Å²) in [5, 5.41) is 27.5. The van der Waals surface area contributed by atoms with Gasteiger partial charge in [0.15, 0.2) is 0 Å². The van der Waals surface area contributed by atoms with Gasteiger partial charge in [-0.1, -0.05) is 30.3 Å². The first-order chi connectivity index (χ1) is 13.7. The van der Waals surface area contributed by atoms with Crippen LogP contribution in [0.1, 0.15) is 5.56 Å². The fourth-order valence-corrected chi connectivity index (χ4v) is 3.60. The number of fused-ring (bicyclic) bond motifs is 3. The van der Waals surface area contributed by atoms with Gasteiger partial charge in [-0.2, -0.15) is 5.21 Å². The van der Waals surface area contributed by atoms with Crippen LogP contribution in [-0.4, -0.2) is 30.1 Å². The fraction of sp³-hybridized carbons (Fsp3) is 0.0500. The lowest BCUT2D eigenvalue weighted by atomic mass is 10.1. The van der Waals surface area contributed by atoms with Gasteiger partial charge in [0, 0.05) is 46.0 Å². The van der Waals surface area contributed by atoms with Crippen LogP contribution in [0.3, 0.4) is 0 Å². The van der Waals surface area contributed by atoms with Gasteiger partial charge in [-0.15, -0.1) is 10.2 Å². The Hall–Kier alpha value is -4.07. The highest BCUT2D eigenvalue weighted by molar-refractivity contribution is 6.09. The van der Waals surface area contributed by atoms with Crippen molar-refractivity contribution in [1.82, 2.24) is 25.2 Å². The summed E-state index contributed by atoms with van der Waals surface area (Å²) in [6.07, 6.45) is 0. The van der Waals surface area contributed by atoms with E-state index in [4.69, 9.17) is 0 Å². The molecule has 0 radical (unpaired) electrons. The van der Waals surface area contributed by atoms with Crippen LogP contribution in [0.25, 0.3) is 33.2 Å². The zero-order valence-electron chi connectivity index (χ0n) is 14.6. The average Bonchev–Trinajstić information content (AvgIpc) is 3.36. The number of H-pyrrole nitrogens is 1. The van der Waals surface area contributed by atoms with E-state index in [1.165, 1.54) is 6.07 Å². The molecule has 8 nitrogen and oxygen atoms in total. The number of nitro benzene ring substituents is 1. The van der Waals surface area contributed by atoms with Gasteiger partial charge in [0.05, 0.1) is 4.92 Å². The molecule has 0 saturated carbocycles. The lowest BCUT2D eigenvalue weighted by Crippen LogP contribution is -2.00. The second-order valence-corrected chi connectivity index (χ2v) is 6.50. The Balaban J connectivity index is 1.69. The minimum Gasteiger partial charge on any atom is -0.336 e. The third-order valence-electron chi connectivity index (χ3n) is 4.84. The van der Waals surface area contributed by atoms with E-state index in [9.17, 15) is 10.1 Å². The molecule has 0 aliphatic rings. The zero-order valence-corrected chi connectivity index (χ0v) is 14.6. The highest BCUT2D eigenvalue weighted by Crippen LogP contribution is 2.32. The van der Waals surface area contributed by atoms with Crippen molar-refractivity contribution >= 4 is 27.5 Å². The van der Waals surface area contributed by atoms with E-state index in [0.717, 1.165) is 32.9 Å². The Labute approximate surface area is 158 Å². The average molecular weight is 370 g/mol. The van der Waals surface area contributed by atoms with Gasteiger partial charge in [-0.25, -0.2) is 0 Å². The summed E-state index contributed by atoms with van der Waals surface area (Å²) >= 11 is 0. The number of rotatable bonds is 4. The zero-order chi connectivity index (χ0) is 19.1. The molecule has 3 aromatic carbocycles. The number of aromatic amines is 1. The van der Waals surface area contributed by atoms with Crippen LogP contribution in [0.2, 0.25) is 0 Å². The van der Waals surface area contributed by atoms with Crippen LogP contribution in [-0.2, 0) is 6.54 Å². The molecule has 0 spiro atoms. The predicted octanol–water partition coefficient (Wildman–Crippen LogP) is 3.93. The normalized spacial score (nSPS) is 11.3. The Bertz CT molecular complexity index is 1320. The molecule has 8 heteroatoms. The largest absolute Gasteiger partial charge is 0.336 e. The van der Waals surface area contributed by atoms with Gasteiger partial charge < -0.3 is 4.57 Å². The summed E-state index contributed by atoms with van der Waals surface area (Å²) in [7, 11) is 0. The molecule has 5 rings (SSSR count). The van der Waals surface area contributed by atoms with Crippen molar-refractivity contribution in [2.24, 2.45) is 0 Å².